The van der Waals surface area contributed by atoms with Gasteiger partial charge in [0.05, 0.1) is 11.3 Å². The molecular weight excluding hydrogens is 278 g/mol. The third-order valence-corrected chi connectivity index (χ3v) is 3.99. The van der Waals surface area contributed by atoms with E-state index in [2.05, 4.69) is 20.3 Å². The molecule has 22 heavy (non-hydrogen) atoms. The smallest absolute Gasteiger partial charge is 0.255 e. The molecule has 1 amide bonds. The Labute approximate surface area is 130 Å². The van der Waals surface area contributed by atoms with Gasteiger partial charge in [-0.25, -0.2) is 4.98 Å². The van der Waals surface area contributed by atoms with E-state index >= 15 is 0 Å². The van der Waals surface area contributed by atoms with Crippen LogP contribution in [0.25, 0.3) is 0 Å². The maximum atomic E-state index is 12.4. The number of piperidine rings is 1. The van der Waals surface area contributed by atoms with Crippen molar-refractivity contribution in [3.8, 4) is 0 Å². The van der Waals surface area contributed by atoms with Gasteiger partial charge in [-0.1, -0.05) is 6.07 Å². The largest absolute Gasteiger partial charge is 0.355 e. The van der Waals surface area contributed by atoms with Gasteiger partial charge in [-0.2, -0.15) is 5.10 Å². The highest BCUT2D eigenvalue weighted by Gasteiger charge is 2.23. The average Bonchev–Trinajstić information content (AvgIpc) is 2.87. The van der Waals surface area contributed by atoms with E-state index in [9.17, 15) is 4.79 Å². The molecule has 0 bridgehead atoms. The van der Waals surface area contributed by atoms with Gasteiger partial charge in [0.25, 0.3) is 5.91 Å². The summed E-state index contributed by atoms with van der Waals surface area (Å²) in [6.45, 7) is 3.63. The Bertz CT molecular complexity index is 652. The number of amides is 1. The van der Waals surface area contributed by atoms with Crippen LogP contribution in [-0.4, -0.2) is 39.8 Å². The monoisotopic (exact) mass is 299 g/mol. The van der Waals surface area contributed by atoms with Crippen LogP contribution in [0.3, 0.4) is 0 Å². The number of pyridine rings is 1. The Morgan fingerprint density at radius 1 is 1.41 bits per heavy atom. The second kappa shape index (κ2) is 6.17. The SMILES string of the molecule is Cc1nn(C)cc1C(=O)N[C@H]1CCCN(c2ccccn2)C1. The molecule has 6 heteroatoms. The van der Waals surface area contributed by atoms with E-state index in [0.717, 1.165) is 37.4 Å². The lowest BCUT2D eigenvalue weighted by Gasteiger charge is -2.33. The van der Waals surface area contributed by atoms with Crippen LogP contribution in [0.1, 0.15) is 28.9 Å². The van der Waals surface area contributed by atoms with E-state index in [1.54, 1.807) is 17.1 Å². The number of aromatic nitrogens is 3. The Balaban J connectivity index is 1.65. The minimum absolute atomic E-state index is 0.0431. The lowest BCUT2D eigenvalue weighted by atomic mass is 10.1. The Hall–Kier alpha value is -2.37. The topological polar surface area (TPSA) is 63.1 Å². The number of rotatable bonds is 3. The molecule has 1 aliphatic heterocycles. The molecule has 0 unspecified atom stereocenters. The van der Waals surface area contributed by atoms with Crippen LogP contribution in [0.15, 0.2) is 30.6 Å². The van der Waals surface area contributed by atoms with Gasteiger partial charge in [-0.15, -0.1) is 0 Å². The number of aryl methyl sites for hydroxylation is 2. The number of carbonyl (C=O) groups excluding carboxylic acids is 1. The molecule has 2 aromatic rings. The minimum atomic E-state index is -0.0431. The zero-order valence-corrected chi connectivity index (χ0v) is 13.0. The summed E-state index contributed by atoms with van der Waals surface area (Å²) in [5.41, 5.74) is 1.41. The van der Waals surface area contributed by atoms with Crippen molar-refractivity contribution in [1.82, 2.24) is 20.1 Å². The van der Waals surface area contributed by atoms with Crippen LogP contribution in [0, 0.1) is 6.92 Å². The number of anilines is 1. The van der Waals surface area contributed by atoms with Gasteiger partial charge < -0.3 is 10.2 Å². The fourth-order valence-electron chi connectivity index (χ4n) is 2.93. The highest BCUT2D eigenvalue weighted by molar-refractivity contribution is 5.95. The van der Waals surface area contributed by atoms with Crippen molar-refractivity contribution in [3.63, 3.8) is 0 Å². The molecule has 1 N–H and O–H groups in total. The lowest BCUT2D eigenvalue weighted by Crippen LogP contribution is -2.48. The summed E-state index contributed by atoms with van der Waals surface area (Å²) in [4.78, 5) is 19.0. The number of hydrogen-bond acceptors (Lipinski definition) is 4. The fraction of sp³-hybridized carbons (Fsp3) is 0.438. The Kier molecular flexibility index (Phi) is 4.09. The van der Waals surface area contributed by atoms with Gasteiger partial charge in [0.1, 0.15) is 5.82 Å². The predicted molar refractivity (Wildman–Crippen MR) is 84.9 cm³/mol. The van der Waals surface area contributed by atoms with Crippen LogP contribution < -0.4 is 10.2 Å². The summed E-state index contributed by atoms with van der Waals surface area (Å²) in [5.74, 6) is 0.928. The minimum Gasteiger partial charge on any atom is -0.355 e. The first-order valence-electron chi connectivity index (χ1n) is 7.60. The van der Waals surface area contributed by atoms with Gasteiger partial charge in [0.2, 0.25) is 0 Å². The van der Waals surface area contributed by atoms with Crippen LogP contribution in [0.5, 0.6) is 0 Å². The summed E-state index contributed by atoms with van der Waals surface area (Å²) in [6, 6.07) is 6.06. The van der Waals surface area contributed by atoms with Crippen molar-refractivity contribution in [2.45, 2.75) is 25.8 Å². The summed E-state index contributed by atoms with van der Waals surface area (Å²) >= 11 is 0. The number of nitrogens with one attached hydrogen (secondary N) is 1. The predicted octanol–water partition coefficient (Wildman–Crippen LogP) is 1.52. The average molecular weight is 299 g/mol. The number of carbonyl (C=O) groups is 1. The molecule has 0 saturated carbocycles. The van der Waals surface area contributed by atoms with Crippen molar-refractivity contribution in [2.75, 3.05) is 18.0 Å². The van der Waals surface area contributed by atoms with Crippen LogP contribution >= 0.6 is 0 Å². The molecule has 0 radical (unpaired) electrons. The molecule has 1 fully saturated rings. The molecule has 1 saturated heterocycles. The highest BCUT2D eigenvalue weighted by Crippen LogP contribution is 2.17. The van der Waals surface area contributed by atoms with Crippen LogP contribution in [-0.2, 0) is 7.05 Å². The first kappa shape index (κ1) is 14.6. The van der Waals surface area contributed by atoms with E-state index in [4.69, 9.17) is 0 Å². The molecule has 1 aliphatic rings. The van der Waals surface area contributed by atoms with Crippen molar-refractivity contribution in [3.05, 3.63) is 41.9 Å². The van der Waals surface area contributed by atoms with Crippen LogP contribution in [0.2, 0.25) is 0 Å². The molecule has 1 atom stereocenters. The zero-order valence-electron chi connectivity index (χ0n) is 13.0. The first-order chi connectivity index (χ1) is 10.6. The number of nitrogens with zero attached hydrogens (tertiary/aromatic N) is 4. The molecule has 0 spiro atoms. The van der Waals surface area contributed by atoms with Crippen molar-refractivity contribution >= 4 is 11.7 Å². The molecule has 3 heterocycles. The Morgan fingerprint density at radius 2 is 2.27 bits per heavy atom. The van der Waals surface area contributed by atoms with Gasteiger partial charge in [0.15, 0.2) is 0 Å². The van der Waals surface area contributed by atoms with E-state index in [-0.39, 0.29) is 11.9 Å². The molecular formula is C16H21N5O. The standard InChI is InChI=1S/C16H21N5O/c1-12-14(11-20(2)19-12)16(22)18-13-6-5-9-21(10-13)15-7-3-4-8-17-15/h3-4,7-8,11,13H,5-6,9-10H2,1-2H3,(H,18,22)/t13-/m0/s1. The van der Waals surface area contributed by atoms with Gasteiger partial charge in [0, 0.05) is 38.6 Å². The van der Waals surface area contributed by atoms with Crippen molar-refractivity contribution in [1.29, 1.82) is 0 Å². The molecule has 3 rings (SSSR count). The van der Waals surface area contributed by atoms with Crippen molar-refractivity contribution < 1.29 is 4.79 Å². The molecule has 2 aromatic heterocycles. The third-order valence-electron chi connectivity index (χ3n) is 3.99. The fourth-order valence-corrected chi connectivity index (χ4v) is 2.93. The van der Waals surface area contributed by atoms with Gasteiger partial charge >= 0.3 is 0 Å². The summed E-state index contributed by atoms with van der Waals surface area (Å²) < 4.78 is 1.67. The summed E-state index contributed by atoms with van der Waals surface area (Å²) in [6.07, 6.45) is 5.61. The second-order valence-corrected chi connectivity index (χ2v) is 5.75. The summed E-state index contributed by atoms with van der Waals surface area (Å²) in [7, 11) is 1.83. The maximum absolute atomic E-state index is 12.4. The highest BCUT2D eigenvalue weighted by atomic mass is 16.1. The first-order valence-corrected chi connectivity index (χ1v) is 7.60. The van der Waals surface area contributed by atoms with E-state index in [1.807, 2.05) is 32.2 Å². The van der Waals surface area contributed by atoms with Gasteiger partial charge in [-0.3, -0.25) is 9.48 Å². The maximum Gasteiger partial charge on any atom is 0.255 e. The third kappa shape index (κ3) is 3.10. The zero-order chi connectivity index (χ0) is 15.5. The molecule has 0 aromatic carbocycles. The normalized spacial score (nSPS) is 18.3. The molecule has 6 nitrogen and oxygen atoms in total. The van der Waals surface area contributed by atoms with Crippen molar-refractivity contribution in [2.24, 2.45) is 7.05 Å². The summed E-state index contributed by atoms with van der Waals surface area (Å²) in [5, 5.41) is 7.35. The Morgan fingerprint density at radius 3 is 2.95 bits per heavy atom. The van der Waals surface area contributed by atoms with E-state index < -0.39 is 0 Å². The lowest BCUT2D eigenvalue weighted by molar-refractivity contribution is 0.0932. The van der Waals surface area contributed by atoms with E-state index in [1.165, 1.54) is 0 Å². The second-order valence-electron chi connectivity index (χ2n) is 5.75. The number of hydrogen-bond donors (Lipinski definition) is 1. The van der Waals surface area contributed by atoms with Gasteiger partial charge in [-0.05, 0) is 31.9 Å². The van der Waals surface area contributed by atoms with E-state index in [0.29, 0.717) is 5.56 Å². The molecule has 0 aliphatic carbocycles. The quantitative estimate of drug-likeness (QED) is 0.933. The van der Waals surface area contributed by atoms with Crippen LogP contribution in [0.4, 0.5) is 5.82 Å². The molecule has 116 valence electrons.